The Kier molecular flexibility index (Phi) is 8.40. The van der Waals surface area contributed by atoms with Gasteiger partial charge in [0, 0.05) is 34.7 Å². The Hall–Kier alpha value is -3.84. The maximum Gasteiger partial charge on any atom is 1.00 e. The number of aryl methyl sites for hydroxylation is 1. The van der Waals surface area contributed by atoms with Gasteiger partial charge in [-0.2, -0.15) is 0 Å². The van der Waals surface area contributed by atoms with Crippen LogP contribution in [0.25, 0.3) is 44.5 Å². The molecule has 0 spiro atoms. The second-order valence-electron chi connectivity index (χ2n) is 9.67. The largest absolute Gasteiger partial charge is 1.00 e. The number of carboxylic acids is 1. The number of benzene rings is 3. The van der Waals surface area contributed by atoms with Crippen LogP contribution < -0.4 is 34.7 Å². The van der Waals surface area contributed by atoms with Crippen LogP contribution in [0.1, 0.15) is 41.5 Å². The van der Waals surface area contributed by atoms with Crippen molar-refractivity contribution in [2.24, 2.45) is 0 Å². The molecule has 0 radical (unpaired) electrons. The SMILES string of the molecule is CCCCc1nc2cccnc2n1Cc1ccc2nc(-c3ccccc3C(=O)[O-])c(-c3ccccc3)cc2c1.[Na+]. The normalized spacial score (nSPS) is 11.0. The molecule has 7 heteroatoms. The Labute approximate surface area is 255 Å². The van der Waals surface area contributed by atoms with Crippen LogP contribution in [0.3, 0.4) is 0 Å². The Morgan fingerprint density at radius 3 is 2.45 bits per heavy atom. The molecule has 0 saturated carbocycles. The fourth-order valence-corrected chi connectivity index (χ4v) is 5.11. The number of hydrogen-bond acceptors (Lipinski definition) is 5. The molecule has 0 N–H and O–H groups in total. The van der Waals surface area contributed by atoms with E-state index in [4.69, 9.17) is 9.97 Å². The molecule has 0 aliphatic rings. The fourth-order valence-electron chi connectivity index (χ4n) is 5.11. The molecule has 0 amide bonds. The van der Waals surface area contributed by atoms with Crippen LogP contribution in [0, 0.1) is 0 Å². The van der Waals surface area contributed by atoms with Crippen LogP contribution in [0.4, 0.5) is 0 Å². The van der Waals surface area contributed by atoms with Gasteiger partial charge in [0.25, 0.3) is 0 Å². The summed E-state index contributed by atoms with van der Waals surface area (Å²) < 4.78 is 2.21. The second kappa shape index (κ2) is 12.1. The van der Waals surface area contributed by atoms with Crippen LogP contribution >= 0.6 is 0 Å². The van der Waals surface area contributed by atoms with Crippen LogP contribution in [-0.4, -0.2) is 25.5 Å². The number of carbonyl (C=O) groups excluding carboxylic acids is 1. The number of imidazole rings is 1. The van der Waals surface area contributed by atoms with Gasteiger partial charge in [0.2, 0.25) is 0 Å². The number of fused-ring (bicyclic) bond motifs is 2. The molecule has 6 aromatic rings. The predicted octanol–water partition coefficient (Wildman–Crippen LogP) is 3.07. The number of unbranched alkanes of at least 4 members (excludes halogenated alkanes) is 1. The molecule has 0 aliphatic carbocycles. The van der Waals surface area contributed by atoms with Crippen LogP contribution in [0.2, 0.25) is 0 Å². The molecule has 192 valence electrons. The van der Waals surface area contributed by atoms with E-state index in [9.17, 15) is 9.90 Å². The standard InChI is InChI=1S/C33H28N4O2.Na/c1-2-3-15-30-35-29-14-9-18-34-32(29)37(30)21-22-16-17-28-24(19-22)20-27(23-10-5-4-6-11-23)31(36-28)25-12-7-8-13-26(25)33(38)39;/h4-14,16-20H,2-3,15,21H2,1H3,(H,38,39);/q;+1/p-1. The summed E-state index contributed by atoms with van der Waals surface area (Å²) in [6.07, 6.45) is 4.89. The first kappa shape index (κ1) is 27.7. The van der Waals surface area contributed by atoms with E-state index in [1.807, 2.05) is 60.8 Å². The van der Waals surface area contributed by atoms with Gasteiger partial charge in [0.1, 0.15) is 11.3 Å². The minimum Gasteiger partial charge on any atom is -0.545 e. The summed E-state index contributed by atoms with van der Waals surface area (Å²) in [5.74, 6) is -0.176. The summed E-state index contributed by atoms with van der Waals surface area (Å²) in [7, 11) is 0. The summed E-state index contributed by atoms with van der Waals surface area (Å²) in [4.78, 5) is 26.4. The maximum atomic E-state index is 11.9. The molecular formula is C33H27N4NaO2. The smallest absolute Gasteiger partial charge is 0.545 e. The van der Waals surface area contributed by atoms with Crippen LogP contribution in [0.5, 0.6) is 0 Å². The molecule has 3 aromatic heterocycles. The van der Waals surface area contributed by atoms with Crippen molar-refractivity contribution >= 4 is 28.0 Å². The summed E-state index contributed by atoms with van der Waals surface area (Å²) in [6.45, 7) is 2.84. The monoisotopic (exact) mass is 534 g/mol. The summed E-state index contributed by atoms with van der Waals surface area (Å²) in [5.41, 5.74) is 6.83. The molecule has 6 rings (SSSR count). The van der Waals surface area contributed by atoms with Crippen molar-refractivity contribution in [1.29, 1.82) is 0 Å². The van der Waals surface area contributed by atoms with E-state index in [0.29, 0.717) is 17.8 Å². The van der Waals surface area contributed by atoms with Crippen molar-refractivity contribution in [2.45, 2.75) is 32.7 Å². The van der Waals surface area contributed by atoms with Gasteiger partial charge in [-0.1, -0.05) is 74.0 Å². The van der Waals surface area contributed by atoms with Gasteiger partial charge in [-0.3, -0.25) is 0 Å². The van der Waals surface area contributed by atoms with Crippen LogP contribution in [0.15, 0.2) is 97.2 Å². The third kappa shape index (κ3) is 5.43. The van der Waals surface area contributed by atoms with Crippen molar-refractivity contribution in [3.05, 3.63) is 114 Å². The van der Waals surface area contributed by atoms with E-state index < -0.39 is 5.97 Å². The Bertz CT molecular complexity index is 1810. The summed E-state index contributed by atoms with van der Waals surface area (Å²) >= 11 is 0. The van der Waals surface area contributed by atoms with E-state index in [0.717, 1.165) is 63.8 Å². The Morgan fingerprint density at radius 2 is 1.65 bits per heavy atom. The number of aromatic nitrogens is 4. The molecule has 3 heterocycles. The molecular weight excluding hydrogens is 507 g/mol. The van der Waals surface area contributed by atoms with E-state index in [1.165, 1.54) is 0 Å². The number of pyridine rings is 2. The van der Waals surface area contributed by atoms with E-state index >= 15 is 0 Å². The fraction of sp³-hybridized carbons (Fsp3) is 0.152. The summed E-state index contributed by atoms with van der Waals surface area (Å²) in [6, 6.07) is 29.1. The summed E-state index contributed by atoms with van der Waals surface area (Å²) in [5, 5.41) is 12.9. The van der Waals surface area contributed by atoms with Gasteiger partial charge in [-0.25, -0.2) is 15.0 Å². The van der Waals surface area contributed by atoms with E-state index in [2.05, 4.69) is 34.7 Å². The number of carbonyl (C=O) groups is 1. The number of hydrogen-bond donors (Lipinski definition) is 0. The van der Waals surface area contributed by atoms with Crippen molar-refractivity contribution < 1.29 is 39.5 Å². The van der Waals surface area contributed by atoms with Crippen molar-refractivity contribution in [1.82, 2.24) is 19.5 Å². The third-order valence-corrected chi connectivity index (χ3v) is 7.04. The average Bonchev–Trinajstić information content (AvgIpc) is 3.32. The first-order chi connectivity index (χ1) is 19.1. The minimum atomic E-state index is -1.22. The minimum absolute atomic E-state index is 0. The number of rotatable bonds is 8. The first-order valence-electron chi connectivity index (χ1n) is 13.2. The quantitative estimate of drug-likeness (QED) is 0.280. The zero-order valence-corrected chi connectivity index (χ0v) is 24.7. The van der Waals surface area contributed by atoms with Crippen molar-refractivity contribution in [3.63, 3.8) is 0 Å². The zero-order chi connectivity index (χ0) is 26.8. The molecule has 0 aliphatic heterocycles. The van der Waals surface area contributed by atoms with Crippen molar-refractivity contribution in [3.8, 4) is 22.4 Å². The molecule has 40 heavy (non-hydrogen) atoms. The average molecular weight is 535 g/mol. The maximum absolute atomic E-state index is 11.9. The zero-order valence-electron chi connectivity index (χ0n) is 22.7. The molecule has 0 atom stereocenters. The van der Waals surface area contributed by atoms with Gasteiger partial charge >= 0.3 is 29.6 Å². The van der Waals surface area contributed by atoms with Crippen molar-refractivity contribution in [2.75, 3.05) is 0 Å². The van der Waals surface area contributed by atoms with Gasteiger partial charge in [0.15, 0.2) is 5.65 Å². The van der Waals surface area contributed by atoms with E-state index in [-0.39, 0.29) is 35.1 Å². The number of nitrogens with zero attached hydrogens (tertiary/aromatic N) is 4. The predicted molar refractivity (Wildman–Crippen MR) is 152 cm³/mol. The molecule has 0 bridgehead atoms. The Balaban J connectivity index is 0.00000323. The second-order valence-corrected chi connectivity index (χ2v) is 9.67. The topological polar surface area (TPSA) is 83.7 Å². The molecule has 0 unspecified atom stereocenters. The van der Waals surface area contributed by atoms with Crippen LogP contribution in [-0.2, 0) is 13.0 Å². The van der Waals surface area contributed by atoms with E-state index in [1.54, 1.807) is 18.2 Å². The van der Waals surface area contributed by atoms with Gasteiger partial charge in [-0.15, -0.1) is 0 Å². The van der Waals surface area contributed by atoms with Gasteiger partial charge < -0.3 is 14.5 Å². The van der Waals surface area contributed by atoms with Gasteiger partial charge in [0.05, 0.1) is 23.7 Å². The number of carboxylic acid groups (broad SMARTS) is 1. The first-order valence-corrected chi connectivity index (χ1v) is 13.2. The Morgan fingerprint density at radius 1 is 0.850 bits per heavy atom. The molecule has 0 saturated heterocycles. The third-order valence-electron chi connectivity index (χ3n) is 7.04. The number of aromatic carboxylic acids is 1. The molecule has 3 aromatic carbocycles. The molecule has 0 fully saturated rings. The van der Waals surface area contributed by atoms with Gasteiger partial charge in [-0.05, 0) is 47.9 Å². The molecule has 6 nitrogen and oxygen atoms in total.